The molecule has 96 valence electrons. The van der Waals surface area contributed by atoms with E-state index in [-0.39, 0.29) is 12.5 Å². The number of H-pyrrole nitrogens is 1. The summed E-state index contributed by atoms with van der Waals surface area (Å²) in [5.41, 5.74) is 2.01. The number of ether oxygens (including phenoxy) is 1. The van der Waals surface area contributed by atoms with Crippen molar-refractivity contribution in [3.63, 3.8) is 0 Å². The number of hydrogen-bond donors (Lipinski definition) is 1. The summed E-state index contributed by atoms with van der Waals surface area (Å²) in [5, 5.41) is 10.3. The average molecular weight is 249 g/mol. The first kappa shape index (κ1) is 12.3. The Labute approximate surface area is 104 Å². The maximum Gasteiger partial charge on any atom is 0.341 e. The Bertz CT molecular complexity index is 542. The number of nitrogens with one attached hydrogen (secondary N) is 1. The van der Waals surface area contributed by atoms with Crippen LogP contribution in [0.1, 0.15) is 47.1 Å². The van der Waals surface area contributed by atoms with Crippen molar-refractivity contribution in [1.29, 1.82) is 0 Å². The molecule has 6 nitrogen and oxygen atoms in total. The van der Waals surface area contributed by atoms with E-state index in [1.807, 2.05) is 13.8 Å². The van der Waals surface area contributed by atoms with Crippen molar-refractivity contribution in [3.05, 3.63) is 35.0 Å². The second-order valence-corrected chi connectivity index (χ2v) is 4.34. The van der Waals surface area contributed by atoms with Gasteiger partial charge in [0.15, 0.2) is 0 Å². The van der Waals surface area contributed by atoms with Gasteiger partial charge in [-0.15, -0.1) is 0 Å². The molecule has 2 rings (SSSR count). The van der Waals surface area contributed by atoms with Gasteiger partial charge in [-0.25, -0.2) is 4.79 Å². The fourth-order valence-corrected chi connectivity index (χ4v) is 1.58. The highest BCUT2D eigenvalue weighted by Crippen LogP contribution is 2.17. The molecule has 0 aliphatic carbocycles. The Kier molecular flexibility index (Phi) is 3.45. The molecule has 0 radical (unpaired) electrons. The van der Waals surface area contributed by atoms with Crippen LogP contribution in [0.15, 0.2) is 16.9 Å². The van der Waals surface area contributed by atoms with Crippen LogP contribution in [0.3, 0.4) is 0 Å². The van der Waals surface area contributed by atoms with Gasteiger partial charge in [0.2, 0.25) is 0 Å². The number of esters is 1. The molecule has 2 aromatic heterocycles. The van der Waals surface area contributed by atoms with Gasteiger partial charge in [0.05, 0.1) is 23.7 Å². The molecule has 0 aliphatic heterocycles. The maximum atomic E-state index is 11.9. The number of aromatic nitrogens is 3. The highest BCUT2D eigenvalue weighted by atomic mass is 16.5. The summed E-state index contributed by atoms with van der Waals surface area (Å²) in [7, 11) is 0. The van der Waals surface area contributed by atoms with Crippen molar-refractivity contribution in [2.24, 2.45) is 0 Å². The molecule has 0 spiro atoms. The van der Waals surface area contributed by atoms with Gasteiger partial charge in [-0.3, -0.25) is 5.10 Å². The van der Waals surface area contributed by atoms with Crippen LogP contribution in [-0.4, -0.2) is 21.3 Å². The molecule has 18 heavy (non-hydrogen) atoms. The van der Waals surface area contributed by atoms with Gasteiger partial charge in [-0.1, -0.05) is 19.0 Å². The van der Waals surface area contributed by atoms with Gasteiger partial charge < -0.3 is 9.26 Å². The lowest BCUT2D eigenvalue weighted by atomic mass is 10.1. The predicted octanol–water partition coefficient (Wildman–Crippen LogP) is 2.19. The SMILES string of the molecule is Cc1oncc1COC(=O)c1cn[nH]c1C(C)C. The van der Waals surface area contributed by atoms with Crippen molar-refractivity contribution in [1.82, 2.24) is 15.4 Å². The Balaban J connectivity index is 2.04. The summed E-state index contributed by atoms with van der Waals surface area (Å²) in [4.78, 5) is 11.9. The van der Waals surface area contributed by atoms with E-state index in [0.717, 1.165) is 11.3 Å². The van der Waals surface area contributed by atoms with Gasteiger partial charge in [0, 0.05) is 0 Å². The lowest BCUT2D eigenvalue weighted by Crippen LogP contribution is -2.08. The minimum atomic E-state index is -0.395. The first-order valence-electron chi connectivity index (χ1n) is 5.70. The monoisotopic (exact) mass is 249 g/mol. The lowest BCUT2D eigenvalue weighted by Gasteiger charge is -2.06. The molecular weight excluding hydrogens is 234 g/mol. The van der Waals surface area contributed by atoms with Crippen LogP contribution in [0.2, 0.25) is 0 Å². The summed E-state index contributed by atoms with van der Waals surface area (Å²) in [5.74, 6) is 0.444. The first-order valence-corrected chi connectivity index (χ1v) is 5.70. The topological polar surface area (TPSA) is 81.0 Å². The number of rotatable bonds is 4. The fourth-order valence-electron chi connectivity index (χ4n) is 1.58. The Hall–Kier alpha value is -2.11. The lowest BCUT2D eigenvalue weighted by molar-refractivity contribution is 0.0469. The number of aryl methyl sites for hydroxylation is 1. The molecule has 2 heterocycles. The zero-order valence-electron chi connectivity index (χ0n) is 10.6. The van der Waals surface area contributed by atoms with Crippen LogP contribution < -0.4 is 0 Å². The molecule has 0 unspecified atom stereocenters. The van der Waals surface area contributed by atoms with Crippen molar-refractivity contribution in [2.45, 2.75) is 33.3 Å². The predicted molar refractivity (Wildman–Crippen MR) is 63.0 cm³/mol. The summed E-state index contributed by atoms with van der Waals surface area (Å²) >= 11 is 0. The number of carbonyl (C=O) groups excluding carboxylic acids is 1. The zero-order valence-corrected chi connectivity index (χ0v) is 10.6. The number of hydrogen-bond acceptors (Lipinski definition) is 5. The van der Waals surface area contributed by atoms with E-state index in [9.17, 15) is 4.79 Å². The van der Waals surface area contributed by atoms with Crippen molar-refractivity contribution >= 4 is 5.97 Å². The van der Waals surface area contributed by atoms with Gasteiger partial charge in [-0.2, -0.15) is 5.10 Å². The molecule has 0 saturated carbocycles. The molecule has 0 atom stereocenters. The summed E-state index contributed by atoms with van der Waals surface area (Å²) in [6.07, 6.45) is 3.03. The first-order chi connectivity index (χ1) is 8.59. The molecule has 0 amide bonds. The summed E-state index contributed by atoms with van der Waals surface area (Å²) in [6.45, 7) is 5.88. The van der Waals surface area contributed by atoms with Crippen LogP contribution in [-0.2, 0) is 11.3 Å². The molecule has 1 N–H and O–H groups in total. The fraction of sp³-hybridized carbons (Fsp3) is 0.417. The van der Waals surface area contributed by atoms with Crippen LogP contribution in [0.5, 0.6) is 0 Å². The zero-order chi connectivity index (χ0) is 13.1. The maximum absolute atomic E-state index is 11.9. The third kappa shape index (κ3) is 2.42. The van der Waals surface area contributed by atoms with Gasteiger partial charge >= 0.3 is 5.97 Å². The molecule has 6 heteroatoms. The molecule has 2 aromatic rings. The van der Waals surface area contributed by atoms with E-state index >= 15 is 0 Å². The van der Waals surface area contributed by atoms with E-state index in [1.165, 1.54) is 6.20 Å². The largest absolute Gasteiger partial charge is 0.457 e. The smallest absolute Gasteiger partial charge is 0.341 e. The van der Waals surface area contributed by atoms with E-state index in [0.29, 0.717) is 11.3 Å². The normalized spacial score (nSPS) is 10.9. The quantitative estimate of drug-likeness (QED) is 0.840. The highest BCUT2D eigenvalue weighted by Gasteiger charge is 2.18. The molecule has 0 aromatic carbocycles. The van der Waals surface area contributed by atoms with E-state index < -0.39 is 5.97 Å². The van der Waals surface area contributed by atoms with Gasteiger partial charge in [0.25, 0.3) is 0 Å². The van der Waals surface area contributed by atoms with E-state index in [4.69, 9.17) is 9.26 Å². The van der Waals surface area contributed by atoms with Crippen LogP contribution in [0, 0.1) is 6.92 Å². The standard InChI is InChI=1S/C12H15N3O3/c1-7(2)11-10(5-13-15-11)12(16)17-6-9-4-14-18-8(9)3/h4-5,7H,6H2,1-3H3,(H,13,15). The molecule has 0 aliphatic rings. The van der Waals surface area contributed by atoms with Crippen molar-refractivity contribution in [3.8, 4) is 0 Å². The van der Waals surface area contributed by atoms with Crippen molar-refractivity contribution < 1.29 is 14.1 Å². The minimum Gasteiger partial charge on any atom is -0.457 e. The highest BCUT2D eigenvalue weighted by molar-refractivity contribution is 5.90. The Morgan fingerprint density at radius 2 is 2.28 bits per heavy atom. The molecule has 0 bridgehead atoms. The summed E-state index contributed by atoms with van der Waals surface area (Å²) in [6, 6.07) is 0. The molecule has 0 saturated heterocycles. The average Bonchev–Trinajstić information content (AvgIpc) is 2.94. The van der Waals surface area contributed by atoms with E-state index in [2.05, 4.69) is 15.4 Å². The number of carbonyl (C=O) groups is 1. The third-order valence-electron chi connectivity index (χ3n) is 2.68. The Morgan fingerprint density at radius 3 is 2.89 bits per heavy atom. The Morgan fingerprint density at radius 1 is 1.50 bits per heavy atom. The van der Waals surface area contributed by atoms with Gasteiger partial charge in [0.1, 0.15) is 17.9 Å². The van der Waals surface area contributed by atoms with E-state index in [1.54, 1.807) is 13.1 Å². The second kappa shape index (κ2) is 5.03. The number of aromatic amines is 1. The van der Waals surface area contributed by atoms with Gasteiger partial charge in [-0.05, 0) is 12.8 Å². The van der Waals surface area contributed by atoms with Crippen LogP contribution in [0.4, 0.5) is 0 Å². The second-order valence-electron chi connectivity index (χ2n) is 4.34. The third-order valence-corrected chi connectivity index (χ3v) is 2.68. The van der Waals surface area contributed by atoms with Crippen LogP contribution in [0.25, 0.3) is 0 Å². The van der Waals surface area contributed by atoms with Crippen LogP contribution >= 0.6 is 0 Å². The molecule has 0 fully saturated rings. The summed E-state index contributed by atoms with van der Waals surface area (Å²) < 4.78 is 10.1. The minimum absolute atomic E-state index is 0.150. The van der Waals surface area contributed by atoms with Crippen molar-refractivity contribution in [2.75, 3.05) is 0 Å². The molecular formula is C12H15N3O3. The number of nitrogens with zero attached hydrogens (tertiary/aromatic N) is 2.